The number of aromatic nitrogens is 1. The number of ether oxygens (including phenoxy) is 1. The second-order valence-electron chi connectivity index (χ2n) is 8.47. The number of furan rings is 1. The number of hydrogen-bond acceptors (Lipinski definition) is 7. The average Bonchev–Trinajstić information content (AvgIpc) is 3.46. The SMILES string of the molecule is COc1ccc2c(-c3ccccc3)c(C(=O)N3CCN(CC(=O)Nc4cc(C)on4)CC3)oc2c1. The monoisotopic (exact) mass is 474 g/mol. The first-order valence-corrected chi connectivity index (χ1v) is 11.4. The molecular formula is C26H26N4O5. The Morgan fingerprint density at radius 3 is 2.51 bits per heavy atom. The van der Waals surface area contributed by atoms with Crippen LogP contribution in [0, 0.1) is 6.92 Å². The molecule has 2 aromatic carbocycles. The van der Waals surface area contributed by atoms with Gasteiger partial charge in [-0.25, -0.2) is 0 Å². The van der Waals surface area contributed by atoms with Gasteiger partial charge in [0.15, 0.2) is 5.82 Å². The van der Waals surface area contributed by atoms with Crippen molar-refractivity contribution < 1.29 is 23.3 Å². The number of nitrogens with zero attached hydrogens (tertiary/aromatic N) is 3. The minimum atomic E-state index is -0.171. The third-order valence-electron chi connectivity index (χ3n) is 6.08. The number of fused-ring (bicyclic) bond motifs is 1. The number of carbonyl (C=O) groups is 2. The van der Waals surface area contributed by atoms with Gasteiger partial charge in [-0.05, 0) is 24.6 Å². The van der Waals surface area contributed by atoms with Crippen molar-refractivity contribution in [2.75, 3.05) is 45.2 Å². The van der Waals surface area contributed by atoms with E-state index in [1.165, 1.54) is 0 Å². The summed E-state index contributed by atoms with van der Waals surface area (Å²) >= 11 is 0. The van der Waals surface area contributed by atoms with Crippen LogP contribution in [0.5, 0.6) is 5.75 Å². The summed E-state index contributed by atoms with van der Waals surface area (Å²) in [6, 6.07) is 17.0. The van der Waals surface area contributed by atoms with Gasteiger partial charge < -0.3 is 23.9 Å². The van der Waals surface area contributed by atoms with Crippen LogP contribution in [-0.2, 0) is 4.79 Å². The Morgan fingerprint density at radius 2 is 1.83 bits per heavy atom. The summed E-state index contributed by atoms with van der Waals surface area (Å²) in [5.74, 6) is 1.67. The van der Waals surface area contributed by atoms with E-state index in [1.807, 2.05) is 47.4 Å². The summed E-state index contributed by atoms with van der Waals surface area (Å²) in [5, 5.41) is 7.37. The van der Waals surface area contributed by atoms with E-state index >= 15 is 0 Å². The van der Waals surface area contributed by atoms with Crippen molar-refractivity contribution in [1.82, 2.24) is 15.0 Å². The van der Waals surface area contributed by atoms with Crippen LogP contribution < -0.4 is 10.1 Å². The van der Waals surface area contributed by atoms with Crippen LogP contribution in [0.25, 0.3) is 22.1 Å². The standard InChI is InChI=1S/C26H26N4O5/c1-17-14-22(28-35-17)27-23(31)16-29-10-12-30(13-11-29)26(32)25-24(18-6-4-3-5-7-18)20-9-8-19(33-2)15-21(20)34-25/h3-9,14-15H,10-13,16H2,1-2H3,(H,27,28,31). The summed E-state index contributed by atoms with van der Waals surface area (Å²) in [7, 11) is 1.60. The van der Waals surface area contributed by atoms with Crippen LogP contribution in [0.4, 0.5) is 5.82 Å². The summed E-state index contributed by atoms with van der Waals surface area (Å²) in [6.45, 7) is 4.11. The predicted octanol–water partition coefficient (Wildman–Crippen LogP) is 3.80. The Kier molecular flexibility index (Phi) is 6.24. The third kappa shape index (κ3) is 4.76. The van der Waals surface area contributed by atoms with Gasteiger partial charge in [0, 0.05) is 49.3 Å². The van der Waals surface area contributed by atoms with Gasteiger partial charge in [0.2, 0.25) is 11.7 Å². The van der Waals surface area contributed by atoms with Crippen LogP contribution in [0.15, 0.2) is 63.5 Å². The average molecular weight is 475 g/mol. The van der Waals surface area contributed by atoms with Gasteiger partial charge in [0.05, 0.1) is 13.7 Å². The van der Waals surface area contributed by atoms with Crippen molar-refractivity contribution in [2.45, 2.75) is 6.92 Å². The number of benzene rings is 2. The number of piperazine rings is 1. The van der Waals surface area contributed by atoms with Crippen molar-refractivity contribution in [1.29, 1.82) is 0 Å². The molecule has 0 unspecified atom stereocenters. The second kappa shape index (κ2) is 9.63. The minimum Gasteiger partial charge on any atom is -0.497 e. The maximum atomic E-state index is 13.6. The number of carbonyl (C=O) groups excluding carboxylic acids is 2. The number of methoxy groups -OCH3 is 1. The number of anilines is 1. The molecule has 1 fully saturated rings. The van der Waals surface area contributed by atoms with Crippen LogP contribution in [0.1, 0.15) is 16.3 Å². The van der Waals surface area contributed by atoms with Crippen LogP contribution in [0.3, 0.4) is 0 Å². The summed E-state index contributed by atoms with van der Waals surface area (Å²) in [4.78, 5) is 29.7. The first kappa shape index (κ1) is 22.7. The van der Waals surface area contributed by atoms with E-state index in [0.717, 1.165) is 16.5 Å². The van der Waals surface area contributed by atoms with Crippen LogP contribution in [0.2, 0.25) is 0 Å². The van der Waals surface area contributed by atoms with Crippen molar-refractivity contribution >= 4 is 28.6 Å². The van der Waals surface area contributed by atoms with E-state index in [1.54, 1.807) is 31.1 Å². The third-order valence-corrected chi connectivity index (χ3v) is 6.08. The minimum absolute atomic E-state index is 0.166. The quantitative estimate of drug-likeness (QED) is 0.454. The van der Waals surface area contributed by atoms with Crippen molar-refractivity contribution in [3.05, 3.63) is 66.1 Å². The normalized spacial score (nSPS) is 14.3. The lowest BCUT2D eigenvalue weighted by Crippen LogP contribution is -2.50. The highest BCUT2D eigenvalue weighted by Gasteiger charge is 2.29. The molecule has 2 aromatic heterocycles. The topological polar surface area (TPSA) is 101 Å². The zero-order valence-corrected chi connectivity index (χ0v) is 19.6. The molecule has 1 aliphatic heterocycles. The molecule has 35 heavy (non-hydrogen) atoms. The van der Waals surface area contributed by atoms with Gasteiger partial charge in [-0.15, -0.1) is 0 Å². The summed E-state index contributed by atoms with van der Waals surface area (Å²) in [5.41, 5.74) is 2.29. The van der Waals surface area contributed by atoms with Gasteiger partial charge in [-0.1, -0.05) is 35.5 Å². The Balaban J connectivity index is 1.31. The Morgan fingerprint density at radius 1 is 1.06 bits per heavy atom. The number of amides is 2. The smallest absolute Gasteiger partial charge is 0.290 e. The molecule has 0 saturated carbocycles. The van der Waals surface area contributed by atoms with Crippen molar-refractivity contribution in [3.8, 4) is 16.9 Å². The first-order valence-electron chi connectivity index (χ1n) is 11.4. The van der Waals surface area contributed by atoms with Gasteiger partial charge >= 0.3 is 0 Å². The largest absolute Gasteiger partial charge is 0.497 e. The van der Waals surface area contributed by atoms with E-state index in [4.69, 9.17) is 13.7 Å². The first-order chi connectivity index (χ1) is 17.0. The molecule has 3 heterocycles. The molecule has 1 aliphatic rings. The molecule has 2 amide bonds. The number of hydrogen-bond donors (Lipinski definition) is 1. The Hall–Kier alpha value is -4.11. The Bertz CT molecular complexity index is 1350. The Labute approximate surface area is 202 Å². The van der Waals surface area contributed by atoms with E-state index in [-0.39, 0.29) is 18.4 Å². The zero-order valence-electron chi connectivity index (χ0n) is 19.6. The van der Waals surface area contributed by atoms with Crippen LogP contribution in [-0.4, -0.2) is 66.6 Å². The fourth-order valence-corrected chi connectivity index (χ4v) is 4.31. The lowest BCUT2D eigenvalue weighted by molar-refractivity contribution is -0.117. The zero-order chi connectivity index (χ0) is 24.4. The maximum Gasteiger partial charge on any atom is 0.290 e. The molecule has 4 aromatic rings. The molecule has 0 spiro atoms. The molecule has 180 valence electrons. The summed E-state index contributed by atoms with van der Waals surface area (Å²) in [6.07, 6.45) is 0. The molecule has 9 heteroatoms. The molecule has 0 atom stereocenters. The lowest BCUT2D eigenvalue weighted by Gasteiger charge is -2.33. The number of rotatable bonds is 6. The highest BCUT2D eigenvalue weighted by molar-refractivity contribution is 6.08. The lowest BCUT2D eigenvalue weighted by atomic mass is 10.0. The van der Waals surface area contributed by atoms with E-state index in [0.29, 0.717) is 54.8 Å². The van der Waals surface area contributed by atoms with Gasteiger partial charge in [0.25, 0.3) is 5.91 Å². The molecule has 1 saturated heterocycles. The summed E-state index contributed by atoms with van der Waals surface area (Å²) < 4.78 is 16.4. The van der Waals surface area contributed by atoms with Crippen molar-refractivity contribution in [2.24, 2.45) is 0 Å². The molecular weight excluding hydrogens is 448 g/mol. The van der Waals surface area contributed by atoms with Gasteiger partial charge in [-0.2, -0.15) is 0 Å². The number of aryl methyl sites for hydroxylation is 1. The fourth-order valence-electron chi connectivity index (χ4n) is 4.31. The van der Waals surface area contributed by atoms with Crippen LogP contribution >= 0.6 is 0 Å². The molecule has 0 radical (unpaired) electrons. The fraction of sp³-hybridized carbons (Fsp3) is 0.269. The van der Waals surface area contributed by atoms with Gasteiger partial charge in [-0.3, -0.25) is 14.5 Å². The molecule has 9 nitrogen and oxygen atoms in total. The predicted molar refractivity (Wildman–Crippen MR) is 130 cm³/mol. The molecule has 1 N–H and O–H groups in total. The van der Waals surface area contributed by atoms with E-state index < -0.39 is 0 Å². The highest BCUT2D eigenvalue weighted by Crippen LogP contribution is 2.37. The van der Waals surface area contributed by atoms with Crippen molar-refractivity contribution in [3.63, 3.8) is 0 Å². The second-order valence-corrected chi connectivity index (χ2v) is 8.47. The van der Waals surface area contributed by atoms with E-state index in [2.05, 4.69) is 10.5 Å². The number of nitrogens with one attached hydrogen (secondary N) is 1. The molecule has 5 rings (SSSR count). The highest BCUT2D eigenvalue weighted by atomic mass is 16.5. The molecule has 0 aliphatic carbocycles. The van der Waals surface area contributed by atoms with E-state index in [9.17, 15) is 9.59 Å². The molecule has 0 bridgehead atoms. The maximum absolute atomic E-state index is 13.6. The van der Waals surface area contributed by atoms with Gasteiger partial charge in [0.1, 0.15) is 17.1 Å².